The highest BCUT2D eigenvalue weighted by Gasteiger charge is 2.24. The minimum Gasteiger partial charge on any atom is -0.493 e. The van der Waals surface area contributed by atoms with Crippen LogP contribution < -0.4 is 10.5 Å². The van der Waals surface area contributed by atoms with E-state index in [1.165, 1.54) is 25.7 Å². The van der Waals surface area contributed by atoms with Gasteiger partial charge in [0.25, 0.3) is 0 Å². The quantitative estimate of drug-likeness (QED) is 0.826. The monoisotopic (exact) mass is 219 g/mol. The molecule has 16 heavy (non-hydrogen) atoms. The van der Waals surface area contributed by atoms with Gasteiger partial charge in [0.15, 0.2) is 0 Å². The van der Waals surface area contributed by atoms with Gasteiger partial charge in [-0.2, -0.15) is 0 Å². The second-order valence-corrected chi connectivity index (χ2v) is 4.66. The van der Waals surface area contributed by atoms with Crippen molar-refractivity contribution in [3.8, 4) is 5.75 Å². The molecule has 1 aromatic carbocycles. The number of ether oxygens (including phenoxy) is 1. The average Bonchev–Trinajstić information content (AvgIpc) is 2.85. The standard InChI is InChI=1S/C14H21NO/c15-10-13(12-6-4-5-7-12)11-16-14-8-2-1-3-9-14/h1-3,8-9,12-13H,4-7,10-11,15H2. The lowest BCUT2D eigenvalue weighted by Crippen LogP contribution is -2.27. The van der Waals surface area contributed by atoms with E-state index in [0.29, 0.717) is 5.92 Å². The van der Waals surface area contributed by atoms with Crippen LogP contribution in [0.5, 0.6) is 5.75 Å². The van der Waals surface area contributed by atoms with E-state index in [-0.39, 0.29) is 0 Å². The van der Waals surface area contributed by atoms with Crippen LogP contribution in [0.4, 0.5) is 0 Å². The second-order valence-electron chi connectivity index (χ2n) is 4.66. The molecule has 0 aliphatic heterocycles. The molecule has 0 radical (unpaired) electrons. The van der Waals surface area contributed by atoms with Crippen LogP contribution in [0, 0.1) is 11.8 Å². The van der Waals surface area contributed by atoms with E-state index < -0.39 is 0 Å². The first-order valence-electron chi connectivity index (χ1n) is 6.28. The molecule has 2 rings (SSSR count). The normalized spacial score (nSPS) is 18.6. The number of nitrogens with two attached hydrogens (primary N) is 1. The molecule has 1 unspecified atom stereocenters. The molecule has 0 amide bonds. The Morgan fingerprint density at radius 3 is 2.50 bits per heavy atom. The van der Waals surface area contributed by atoms with E-state index in [9.17, 15) is 0 Å². The summed E-state index contributed by atoms with van der Waals surface area (Å²) in [6.45, 7) is 1.52. The zero-order chi connectivity index (χ0) is 11.2. The molecule has 0 heterocycles. The van der Waals surface area contributed by atoms with Crippen molar-refractivity contribution in [1.82, 2.24) is 0 Å². The van der Waals surface area contributed by atoms with Crippen LogP contribution in [-0.4, -0.2) is 13.2 Å². The first-order valence-corrected chi connectivity index (χ1v) is 6.28. The molecule has 0 aromatic heterocycles. The molecule has 1 aromatic rings. The van der Waals surface area contributed by atoms with Crippen molar-refractivity contribution in [3.63, 3.8) is 0 Å². The third kappa shape index (κ3) is 2.99. The van der Waals surface area contributed by atoms with Gasteiger partial charge in [0.1, 0.15) is 5.75 Å². The largest absolute Gasteiger partial charge is 0.493 e. The molecule has 1 saturated carbocycles. The van der Waals surface area contributed by atoms with Crippen molar-refractivity contribution in [2.24, 2.45) is 17.6 Å². The predicted octanol–water partition coefficient (Wildman–Crippen LogP) is 2.83. The lowest BCUT2D eigenvalue weighted by Gasteiger charge is -2.21. The van der Waals surface area contributed by atoms with Crippen LogP contribution in [0.1, 0.15) is 25.7 Å². The fourth-order valence-electron chi connectivity index (χ4n) is 2.55. The third-order valence-corrected chi connectivity index (χ3v) is 3.58. The lowest BCUT2D eigenvalue weighted by atomic mass is 9.92. The highest BCUT2D eigenvalue weighted by atomic mass is 16.5. The van der Waals surface area contributed by atoms with Gasteiger partial charge in [0.05, 0.1) is 6.61 Å². The molecule has 1 aliphatic carbocycles. The lowest BCUT2D eigenvalue weighted by molar-refractivity contribution is 0.200. The Balaban J connectivity index is 1.83. The predicted molar refractivity (Wildman–Crippen MR) is 66.4 cm³/mol. The molecule has 2 heteroatoms. The van der Waals surface area contributed by atoms with Crippen molar-refractivity contribution < 1.29 is 4.74 Å². The van der Waals surface area contributed by atoms with Crippen molar-refractivity contribution >= 4 is 0 Å². The summed E-state index contributed by atoms with van der Waals surface area (Å²) in [7, 11) is 0. The SMILES string of the molecule is NCC(COc1ccccc1)C1CCCC1. The maximum Gasteiger partial charge on any atom is 0.119 e. The molecule has 0 bridgehead atoms. The second kappa shape index (κ2) is 5.90. The Morgan fingerprint density at radius 2 is 1.88 bits per heavy atom. The number of hydrogen-bond donors (Lipinski definition) is 1. The average molecular weight is 219 g/mol. The maximum atomic E-state index is 5.84. The Morgan fingerprint density at radius 1 is 1.19 bits per heavy atom. The van der Waals surface area contributed by atoms with Gasteiger partial charge in [-0.15, -0.1) is 0 Å². The first-order chi connectivity index (χ1) is 7.90. The summed E-state index contributed by atoms with van der Waals surface area (Å²) in [6, 6.07) is 10.0. The molecule has 88 valence electrons. The molecule has 2 N–H and O–H groups in total. The summed E-state index contributed by atoms with van der Waals surface area (Å²) >= 11 is 0. The number of rotatable bonds is 5. The fourth-order valence-corrected chi connectivity index (χ4v) is 2.55. The van der Waals surface area contributed by atoms with Gasteiger partial charge < -0.3 is 10.5 Å². The number of hydrogen-bond acceptors (Lipinski definition) is 2. The summed E-state index contributed by atoms with van der Waals surface area (Å²) in [4.78, 5) is 0. The van der Waals surface area contributed by atoms with Gasteiger partial charge in [-0.25, -0.2) is 0 Å². The molecule has 1 fully saturated rings. The zero-order valence-corrected chi connectivity index (χ0v) is 9.77. The Hall–Kier alpha value is -1.02. The van der Waals surface area contributed by atoms with Gasteiger partial charge in [-0.05, 0) is 24.6 Å². The van der Waals surface area contributed by atoms with Crippen molar-refractivity contribution in [1.29, 1.82) is 0 Å². The molecular weight excluding hydrogens is 198 g/mol. The van der Waals surface area contributed by atoms with Gasteiger partial charge in [-0.3, -0.25) is 0 Å². The van der Waals surface area contributed by atoms with E-state index >= 15 is 0 Å². The molecule has 0 saturated heterocycles. The van der Waals surface area contributed by atoms with Gasteiger partial charge in [-0.1, -0.05) is 43.9 Å². The van der Waals surface area contributed by atoms with Gasteiger partial charge >= 0.3 is 0 Å². The van der Waals surface area contributed by atoms with E-state index in [4.69, 9.17) is 10.5 Å². The van der Waals surface area contributed by atoms with Gasteiger partial charge in [0.2, 0.25) is 0 Å². The summed E-state index contributed by atoms with van der Waals surface area (Å²) in [5.41, 5.74) is 5.84. The fraction of sp³-hybridized carbons (Fsp3) is 0.571. The minimum atomic E-state index is 0.530. The summed E-state index contributed by atoms with van der Waals surface area (Å²) in [5.74, 6) is 2.27. The molecule has 1 atom stereocenters. The summed E-state index contributed by atoms with van der Waals surface area (Å²) < 4.78 is 5.79. The molecule has 0 spiro atoms. The molecular formula is C14H21NO. The zero-order valence-electron chi connectivity index (χ0n) is 9.77. The molecule has 2 nitrogen and oxygen atoms in total. The number of para-hydroxylation sites is 1. The molecule has 1 aliphatic rings. The van der Waals surface area contributed by atoms with Gasteiger partial charge in [0, 0.05) is 5.92 Å². The van der Waals surface area contributed by atoms with Crippen LogP contribution >= 0.6 is 0 Å². The minimum absolute atomic E-state index is 0.530. The van der Waals surface area contributed by atoms with Crippen LogP contribution in [0.25, 0.3) is 0 Å². The smallest absolute Gasteiger partial charge is 0.119 e. The van der Waals surface area contributed by atoms with E-state index in [1.54, 1.807) is 0 Å². The van der Waals surface area contributed by atoms with Crippen molar-refractivity contribution in [2.45, 2.75) is 25.7 Å². The van der Waals surface area contributed by atoms with Crippen LogP contribution in [0.2, 0.25) is 0 Å². The van der Waals surface area contributed by atoms with Crippen LogP contribution in [-0.2, 0) is 0 Å². The highest BCUT2D eigenvalue weighted by Crippen LogP contribution is 2.31. The Kier molecular flexibility index (Phi) is 4.23. The van der Waals surface area contributed by atoms with E-state index in [0.717, 1.165) is 24.8 Å². The van der Waals surface area contributed by atoms with E-state index in [1.807, 2.05) is 30.3 Å². The number of benzene rings is 1. The van der Waals surface area contributed by atoms with Crippen molar-refractivity contribution in [3.05, 3.63) is 30.3 Å². The Labute approximate surface area is 97.8 Å². The van der Waals surface area contributed by atoms with E-state index in [2.05, 4.69) is 0 Å². The summed E-state index contributed by atoms with van der Waals surface area (Å²) in [6.07, 6.45) is 5.40. The van der Waals surface area contributed by atoms with Crippen LogP contribution in [0.3, 0.4) is 0 Å². The first kappa shape index (κ1) is 11.5. The topological polar surface area (TPSA) is 35.2 Å². The third-order valence-electron chi connectivity index (χ3n) is 3.58. The van der Waals surface area contributed by atoms with Crippen molar-refractivity contribution in [2.75, 3.05) is 13.2 Å². The Bertz CT molecular complexity index is 293. The maximum absolute atomic E-state index is 5.84. The highest BCUT2D eigenvalue weighted by molar-refractivity contribution is 5.20. The summed E-state index contributed by atoms with van der Waals surface area (Å²) in [5, 5.41) is 0. The van der Waals surface area contributed by atoms with Crippen LogP contribution in [0.15, 0.2) is 30.3 Å².